The molecular formula is C21H21FN2O3S. The van der Waals surface area contributed by atoms with Crippen LogP contribution in [0.1, 0.15) is 18.4 Å². The Hall–Kier alpha value is -2.51. The average molecular weight is 400 g/mol. The second-order valence-electron chi connectivity index (χ2n) is 6.85. The smallest absolute Gasteiger partial charge is 0.266 e. The van der Waals surface area contributed by atoms with Crippen molar-refractivity contribution in [2.24, 2.45) is 0 Å². The number of amides is 1. The lowest BCUT2D eigenvalue weighted by molar-refractivity contribution is -0.120. The number of carbonyl (C=O) groups is 1. The van der Waals surface area contributed by atoms with Gasteiger partial charge >= 0.3 is 0 Å². The number of ether oxygens (including phenoxy) is 2. The van der Waals surface area contributed by atoms with E-state index in [1.807, 2.05) is 19.1 Å². The first-order valence-electron chi connectivity index (χ1n) is 9.26. The molecule has 1 unspecified atom stereocenters. The van der Waals surface area contributed by atoms with E-state index in [1.165, 1.54) is 35.6 Å². The van der Waals surface area contributed by atoms with Gasteiger partial charge < -0.3 is 9.47 Å². The molecule has 0 bridgehead atoms. The molecule has 0 aliphatic carbocycles. The predicted molar refractivity (Wildman–Crippen MR) is 108 cm³/mol. The third-order valence-electron chi connectivity index (χ3n) is 4.65. The number of rotatable bonds is 6. The van der Waals surface area contributed by atoms with Crippen molar-refractivity contribution in [3.63, 3.8) is 0 Å². The van der Waals surface area contributed by atoms with E-state index >= 15 is 0 Å². The van der Waals surface area contributed by atoms with Gasteiger partial charge in [0.05, 0.1) is 22.9 Å². The SMILES string of the molecule is Cc1ccc2nc(N(CC3CCCO3)C(=O)COc3ccc(F)cc3)sc2c1. The summed E-state index contributed by atoms with van der Waals surface area (Å²) in [5, 5.41) is 0.642. The summed E-state index contributed by atoms with van der Waals surface area (Å²) in [6.45, 7) is 3.06. The van der Waals surface area contributed by atoms with Crippen molar-refractivity contribution in [1.29, 1.82) is 0 Å². The van der Waals surface area contributed by atoms with Crippen molar-refractivity contribution < 1.29 is 18.7 Å². The highest BCUT2D eigenvalue weighted by Crippen LogP contribution is 2.30. The molecule has 0 spiro atoms. The van der Waals surface area contributed by atoms with Gasteiger partial charge in [0.15, 0.2) is 11.7 Å². The Labute approximate surface area is 166 Å². The van der Waals surface area contributed by atoms with Gasteiger partial charge in [0.25, 0.3) is 5.91 Å². The molecule has 0 saturated carbocycles. The van der Waals surface area contributed by atoms with Gasteiger partial charge in [-0.15, -0.1) is 0 Å². The maximum absolute atomic E-state index is 13.0. The molecule has 5 nitrogen and oxygen atoms in total. The Morgan fingerprint density at radius 3 is 2.89 bits per heavy atom. The van der Waals surface area contributed by atoms with E-state index in [-0.39, 0.29) is 24.4 Å². The number of carbonyl (C=O) groups excluding carboxylic acids is 1. The van der Waals surface area contributed by atoms with Crippen molar-refractivity contribution in [1.82, 2.24) is 4.98 Å². The van der Waals surface area contributed by atoms with Gasteiger partial charge in [0.2, 0.25) is 0 Å². The Balaban J connectivity index is 1.54. The van der Waals surface area contributed by atoms with Gasteiger partial charge in [-0.2, -0.15) is 0 Å². The molecule has 2 heterocycles. The second kappa shape index (κ2) is 8.24. The zero-order valence-electron chi connectivity index (χ0n) is 15.6. The predicted octanol–water partition coefficient (Wildman–Crippen LogP) is 4.33. The molecule has 28 heavy (non-hydrogen) atoms. The van der Waals surface area contributed by atoms with E-state index < -0.39 is 0 Å². The van der Waals surface area contributed by atoms with Crippen LogP contribution < -0.4 is 9.64 Å². The van der Waals surface area contributed by atoms with Gasteiger partial charge in [-0.1, -0.05) is 17.4 Å². The summed E-state index contributed by atoms with van der Waals surface area (Å²) >= 11 is 1.49. The van der Waals surface area contributed by atoms with Crippen LogP contribution >= 0.6 is 11.3 Å². The minimum atomic E-state index is -0.344. The lowest BCUT2D eigenvalue weighted by Gasteiger charge is -2.23. The summed E-state index contributed by atoms with van der Waals surface area (Å²) in [4.78, 5) is 19.3. The van der Waals surface area contributed by atoms with Gasteiger partial charge in [0.1, 0.15) is 11.6 Å². The molecule has 1 saturated heterocycles. The highest BCUT2D eigenvalue weighted by atomic mass is 32.1. The average Bonchev–Trinajstić information content (AvgIpc) is 3.34. The van der Waals surface area contributed by atoms with Crippen LogP contribution in [0.5, 0.6) is 5.75 Å². The molecule has 0 N–H and O–H groups in total. The van der Waals surface area contributed by atoms with Crippen molar-refractivity contribution >= 4 is 32.6 Å². The number of benzene rings is 2. The normalized spacial score (nSPS) is 16.4. The largest absolute Gasteiger partial charge is 0.484 e. The van der Waals surface area contributed by atoms with Gasteiger partial charge in [-0.05, 0) is 61.7 Å². The third kappa shape index (κ3) is 4.31. The topological polar surface area (TPSA) is 51.7 Å². The molecular weight excluding hydrogens is 379 g/mol. The van der Waals surface area contributed by atoms with Crippen LogP contribution in [-0.2, 0) is 9.53 Å². The second-order valence-corrected chi connectivity index (χ2v) is 7.86. The van der Waals surface area contributed by atoms with Gasteiger partial charge in [0, 0.05) is 6.61 Å². The van der Waals surface area contributed by atoms with E-state index in [1.54, 1.807) is 4.90 Å². The van der Waals surface area contributed by atoms with Crippen molar-refractivity contribution in [2.75, 3.05) is 24.7 Å². The Bertz CT molecular complexity index is 967. The number of aryl methyl sites for hydroxylation is 1. The summed E-state index contributed by atoms with van der Waals surface area (Å²) < 4.78 is 25.4. The Kier molecular flexibility index (Phi) is 5.54. The lowest BCUT2D eigenvalue weighted by atomic mass is 10.2. The number of aromatic nitrogens is 1. The lowest BCUT2D eigenvalue weighted by Crippen LogP contribution is -2.40. The number of halogens is 1. The monoisotopic (exact) mass is 400 g/mol. The quantitative estimate of drug-likeness (QED) is 0.618. The summed E-state index contributed by atoms with van der Waals surface area (Å²) in [6, 6.07) is 11.7. The molecule has 0 radical (unpaired) electrons. The highest BCUT2D eigenvalue weighted by molar-refractivity contribution is 7.22. The first kappa shape index (κ1) is 18.8. The van der Waals surface area contributed by atoms with Crippen molar-refractivity contribution in [3.8, 4) is 5.75 Å². The number of hydrogen-bond donors (Lipinski definition) is 0. The van der Waals surface area contributed by atoms with Crippen LogP contribution in [0, 0.1) is 12.7 Å². The summed E-state index contributed by atoms with van der Waals surface area (Å²) in [6.07, 6.45) is 1.92. The molecule has 1 amide bonds. The van der Waals surface area contributed by atoms with Crippen LogP contribution in [0.4, 0.5) is 9.52 Å². The zero-order chi connectivity index (χ0) is 19.5. The van der Waals surface area contributed by atoms with E-state index in [4.69, 9.17) is 9.47 Å². The maximum Gasteiger partial charge on any atom is 0.266 e. The number of fused-ring (bicyclic) bond motifs is 1. The maximum atomic E-state index is 13.0. The number of anilines is 1. The van der Waals surface area contributed by atoms with E-state index in [2.05, 4.69) is 11.1 Å². The highest BCUT2D eigenvalue weighted by Gasteiger charge is 2.26. The minimum Gasteiger partial charge on any atom is -0.484 e. The summed E-state index contributed by atoms with van der Waals surface area (Å²) in [5.41, 5.74) is 2.02. The van der Waals surface area contributed by atoms with Gasteiger partial charge in [-0.25, -0.2) is 9.37 Å². The number of nitrogens with zero attached hydrogens (tertiary/aromatic N) is 2. The van der Waals surface area contributed by atoms with Crippen molar-refractivity contribution in [3.05, 3.63) is 53.8 Å². The minimum absolute atomic E-state index is 0.00326. The molecule has 1 aliphatic heterocycles. The third-order valence-corrected chi connectivity index (χ3v) is 5.69. The molecule has 1 atom stereocenters. The van der Waals surface area contributed by atoms with Crippen LogP contribution in [0.25, 0.3) is 10.2 Å². The molecule has 1 aromatic heterocycles. The molecule has 3 aromatic rings. The molecule has 1 fully saturated rings. The van der Waals surface area contributed by atoms with Crippen molar-refractivity contribution in [2.45, 2.75) is 25.9 Å². The Morgan fingerprint density at radius 1 is 1.32 bits per heavy atom. The first-order valence-corrected chi connectivity index (χ1v) is 10.1. The molecule has 7 heteroatoms. The molecule has 1 aliphatic rings. The van der Waals surface area contributed by atoms with Crippen LogP contribution in [0.15, 0.2) is 42.5 Å². The fraction of sp³-hybridized carbons (Fsp3) is 0.333. The van der Waals surface area contributed by atoms with E-state index in [0.29, 0.717) is 17.4 Å². The van der Waals surface area contributed by atoms with Gasteiger partial charge in [-0.3, -0.25) is 9.69 Å². The summed E-state index contributed by atoms with van der Waals surface area (Å²) in [5.74, 6) is -0.0919. The van der Waals surface area contributed by atoms with Crippen LogP contribution in [0.2, 0.25) is 0 Å². The number of hydrogen-bond acceptors (Lipinski definition) is 5. The fourth-order valence-corrected chi connectivity index (χ4v) is 4.26. The molecule has 2 aromatic carbocycles. The molecule has 4 rings (SSSR count). The van der Waals surface area contributed by atoms with E-state index in [0.717, 1.165) is 35.2 Å². The zero-order valence-corrected chi connectivity index (χ0v) is 16.4. The van der Waals surface area contributed by atoms with Crippen LogP contribution in [0.3, 0.4) is 0 Å². The van der Waals surface area contributed by atoms with E-state index in [9.17, 15) is 9.18 Å². The summed E-state index contributed by atoms with van der Waals surface area (Å²) in [7, 11) is 0. The fourth-order valence-electron chi connectivity index (χ4n) is 3.17. The van der Waals surface area contributed by atoms with Crippen LogP contribution in [-0.4, -0.2) is 36.8 Å². The molecule has 146 valence electrons. The first-order chi connectivity index (χ1) is 13.6. The number of thiazole rings is 1. The Morgan fingerprint density at radius 2 is 2.14 bits per heavy atom. The standard InChI is InChI=1S/C21H21FN2O3S/c1-14-4-9-18-19(11-14)28-21(23-18)24(12-17-3-2-10-26-17)20(25)13-27-16-7-5-15(22)6-8-16/h4-9,11,17H,2-3,10,12-13H2,1H3.